The van der Waals surface area contributed by atoms with Crippen LogP contribution in [0, 0.1) is 6.92 Å². The molecule has 0 saturated carbocycles. The van der Waals surface area contributed by atoms with Gasteiger partial charge in [0.25, 0.3) is 5.91 Å². The van der Waals surface area contributed by atoms with Gasteiger partial charge in [-0.3, -0.25) is 4.79 Å². The number of aromatic nitrogens is 1. The van der Waals surface area contributed by atoms with Crippen LogP contribution in [-0.4, -0.2) is 10.9 Å². The summed E-state index contributed by atoms with van der Waals surface area (Å²) in [5.74, 6) is -0.104. The molecule has 0 fully saturated rings. The van der Waals surface area contributed by atoms with Crippen LogP contribution in [0.3, 0.4) is 0 Å². The first-order valence-electron chi connectivity index (χ1n) is 6.28. The summed E-state index contributed by atoms with van der Waals surface area (Å²) in [7, 11) is 0. The fraction of sp³-hybridized carbons (Fsp3) is 0.0625. The fourth-order valence-electron chi connectivity index (χ4n) is 2.29. The molecule has 0 saturated heterocycles. The number of benzene rings is 2. The molecule has 0 atom stereocenters. The Labute approximate surface area is 125 Å². The Bertz CT molecular complexity index is 772. The van der Waals surface area contributed by atoms with E-state index in [1.807, 2.05) is 55.6 Å². The average Bonchev–Trinajstić information content (AvgIpc) is 2.85. The van der Waals surface area contributed by atoms with Crippen LogP contribution >= 0.6 is 15.9 Å². The number of aromatic amines is 1. The molecule has 0 bridgehead atoms. The molecule has 3 nitrogen and oxygen atoms in total. The summed E-state index contributed by atoms with van der Waals surface area (Å²) in [6.45, 7) is 1.99. The van der Waals surface area contributed by atoms with E-state index in [4.69, 9.17) is 0 Å². The van der Waals surface area contributed by atoms with E-state index in [0.29, 0.717) is 5.56 Å². The van der Waals surface area contributed by atoms with Crippen LogP contribution < -0.4 is 5.32 Å². The highest BCUT2D eigenvalue weighted by atomic mass is 79.9. The second-order valence-corrected chi connectivity index (χ2v) is 5.63. The Morgan fingerprint density at radius 1 is 1.20 bits per heavy atom. The van der Waals surface area contributed by atoms with Gasteiger partial charge in [-0.1, -0.05) is 22.0 Å². The fourth-order valence-corrected chi connectivity index (χ4v) is 2.90. The Morgan fingerprint density at radius 2 is 2.05 bits per heavy atom. The number of hydrogen-bond donors (Lipinski definition) is 2. The quantitative estimate of drug-likeness (QED) is 0.715. The summed E-state index contributed by atoms with van der Waals surface area (Å²) in [4.78, 5) is 15.5. The number of H-pyrrole nitrogens is 1. The predicted octanol–water partition coefficient (Wildman–Crippen LogP) is 4.49. The van der Waals surface area contributed by atoms with Crippen molar-refractivity contribution in [3.63, 3.8) is 0 Å². The number of halogens is 1. The lowest BCUT2D eigenvalue weighted by molar-refractivity contribution is 0.102. The minimum atomic E-state index is -0.104. The molecule has 20 heavy (non-hydrogen) atoms. The summed E-state index contributed by atoms with van der Waals surface area (Å²) >= 11 is 3.44. The van der Waals surface area contributed by atoms with E-state index in [0.717, 1.165) is 26.6 Å². The number of hydrogen-bond acceptors (Lipinski definition) is 1. The van der Waals surface area contributed by atoms with Gasteiger partial charge >= 0.3 is 0 Å². The van der Waals surface area contributed by atoms with Crippen LogP contribution in [0.15, 0.2) is 53.1 Å². The van der Waals surface area contributed by atoms with Crippen molar-refractivity contribution >= 4 is 38.4 Å². The van der Waals surface area contributed by atoms with Crippen LogP contribution in [0.2, 0.25) is 0 Å². The summed E-state index contributed by atoms with van der Waals surface area (Å²) in [6.07, 6.45) is 1.84. The highest BCUT2D eigenvalue weighted by molar-refractivity contribution is 9.10. The molecule has 1 aromatic heterocycles. The van der Waals surface area contributed by atoms with E-state index >= 15 is 0 Å². The maximum absolute atomic E-state index is 12.4. The lowest BCUT2D eigenvalue weighted by atomic mass is 10.1. The van der Waals surface area contributed by atoms with E-state index in [1.54, 1.807) is 0 Å². The minimum absolute atomic E-state index is 0.104. The van der Waals surface area contributed by atoms with E-state index in [-0.39, 0.29) is 5.91 Å². The first-order chi connectivity index (χ1) is 9.63. The number of nitrogens with one attached hydrogen (secondary N) is 2. The third-order valence-corrected chi connectivity index (χ3v) is 3.60. The molecule has 0 aliphatic carbocycles. The van der Waals surface area contributed by atoms with Crippen molar-refractivity contribution < 1.29 is 4.79 Å². The lowest BCUT2D eigenvalue weighted by Crippen LogP contribution is -2.12. The van der Waals surface area contributed by atoms with Crippen molar-refractivity contribution in [3.8, 4) is 0 Å². The third kappa shape index (κ3) is 2.47. The SMILES string of the molecule is Cc1cc(Br)cc(NC(=O)c2cccc3[nH]ccc23)c1. The van der Waals surface area contributed by atoms with Crippen molar-refractivity contribution in [3.05, 3.63) is 64.3 Å². The summed E-state index contributed by atoms with van der Waals surface area (Å²) in [5, 5.41) is 3.87. The normalized spacial score (nSPS) is 10.7. The average molecular weight is 329 g/mol. The number of rotatable bonds is 2. The van der Waals surface area contributed by atoms with Crippen molar-refractivity contribution in [1.82, 2.24) is 4.98 Å². The predicted molar refractivity (Wildman–Crippen MR) is 85.1 cm³/mol. The van der Waals surface area contributed by atoms with Crippen LogP contribution in [0.25, 0.3) is 10.9 Å². The van der Waals surface area contributed by atoms with Crippen LogP contribution in [0.4, 0.5) is 5.69 Å². The van der Waals surface area contributed by atoms with E-state index < -0.39 is 0 Å². The minimum Gasteiger partial charge on any atom is -0.361 e. The largest absolute Gasteiger partial charge is 0.361 e. The highest BCUT2D eigenvalue weighted by Gasteiger charge is 2.11. The molecule has 3 aromatic rings. The zero-order valence-electron chi connectivity index (χ0n) is 10.9. The topological polar surface area (TPSA) is 44.9 Å². The first-order valence-corrected chi connectivity index (χ1v) is 7.07. The van der Waals surface area contributed by atoms with Gasteiger partial charge in [0.1, 0.15) is 0 Å². The van der Waals surface area contributed by atoms with Crippen molar-refractivity contribution in [2.75, 3.05) is 5.32 Å². The molecule has 0 spiro atoms. The van der Waals surface area contributed by atoms with Crippen molar-refractivity contribution in [2.24, 2.45) is 0 Å². The number of carbonyl (C=O) groups is 1. The van der Waals surface area contributed by atoms with Crippen LogP contribution in [-0.2, 0) is 0 Å². The molecule has 0 radical (unpaired) electrons. The van der Waals surface area contributed by atoms with Crippen LogP contribution in [0.1, 0.15) is 15.9 Å². The molecule has 0 unspecified atom stereocenters. The molecule has 100 valence electrons. The number of carbonyl (C=O) groups excluding carboxylic acids is 1. The number of anilines is 1. The van der Waals surface area contributed by atoms with Gasteiger partial charge < -0.3 is 10.3 Å². The molecular formula is C16H13BrN2O. The lowest BCUT2D eigenvalue weighted by Gasteiger charge is -2.08. The second-order valence-electron chi connectivity index (χ2n) is 4.72. The van der Waals surface area contributed by atoms with Gasteiger partial charge in [-0.25, -0.2) is 0 Å². The van der Waals surface area contributed by atoms with Gasteiger partial charge in [0, 0.05) is 32.8 Å². The van der Waals surface area contributed by atoms with Gasteiger partial charge in [0.2, 0.25) is 0 Å². The van der Waals surface area contributed by atoms with Crippen molar-refractivity contribution in [2.45, 2.75) is 6.92 Å². The van der Waals surface area contributed by atoms with E-state index in [2.05, 4.69) is 26.2 Å². The van der Waals surface area contributed by atoms with E-state index in [1.165, 1.54) is 0 Å². The Morgan fingerprint density at radius 3 is 2.85 bits per heavy atom. The van der Waals surface area contributed by atoms with Crippen molar-refractivity contribution in [1.29, 1.82) is 0 Å². The zero-order valence-corrected chi connectivity index (χ0v) is 12.5. The second kappa shape index (κ2) is 5.13. The maximum Gasteiger partial charge on any atom is 0.256 e. The molecule has 0 aliphatic rings. The van der Waals surface area contributed by atoms with Gasteiger partial charge in [-0.2, -0.15) is 0 Å². The third-order valence-electron chi connectivity index (χ3n) is 3.14. The Hall–Kier alpha value is -2.07. The maximum atomic E-state index is 12.4. The molecular weight excluding hydrogens is 316 g/mol. The van der Waals surface area contributed by atoms with Gasteiger partial charge in [-0.15, -0.1) is 0 Å². The Kier molecular flexibility index (Phi) is 3.32. The van der Waals surface area contributed by atoms with Gasteiger partial charge in [0.05, 0.1) is 0 Å². The molecule has 4 heteroatoms. The molecule has 3 rings (SSSR count). The molecule has 1 heterocycles. The molecule has 2 aromatic carbocycles. The standard InChI is InChI=1S/C16H13BrN2O/c1-10-7-11(17)9-12(8-10)19-16(20)14-3-2-4-15-13(14)5-6-18-15/h2-9,18H,1H3,(H,19,20). The first kappa shape index (κ1) is 12.9. The molecule has 1 amide bonds. The smallest absolute Gasteiger partial charge is 0.256 e. The molecule has 2 N–H and O–H groups in total. The number of fused-ring (bicyclic) bond motifs is 1. The zero-order chi connectivity index (χ0) is 14.1. The summed E-state index contributed by atoms with van der Waals surface area (Å²) in [5.41, 5.74) is 3.51. The highest BCUT2D eigenvalue weighted by Crippen LogP contribution is 2.22. The van der Waals surface area contributed by atoms with E-state index in [9.17, 15) is 4.79 Å². The van der Waals surface area contributed by atoms with Gasteiger partial charge in [-0.05, 0) is 48.9 Å². The number of amides is 1. The van der Waals surface area contributed by atoms with Crippen LogP contribution in [0.5, 0.6) is 0 Å². The Balaban J connectivity index is 1.95. The monoisotopic (exact) mass is 328 g/mol. The van der Waals surface area contributed by atoms with Gasteiger partial charge in [0.15, 0.2) is 0 Å². The summed E-state index contributed by atoms with van der Waals surface area (Å²) in [6, 6.07) is 13.4. The summed E-state index contributed by atoms with van der Waals surface area (Å²) < 4.78 is 0.952. The number of aryl methyl sites for hydroxylation is 1. The molecule has 0 aliphatic heterocycles.